The summed E-state index contributed by atoms with van der Waals surface area (Å²) in [7, 11) is 3.63. The first-order valence-corrected chi connectivity index (χ1v) is 5.77. The van der Waals surface area contributed by atoms with Crippen LogP contribution in [0.4, 0.5) is 0 Å². The minimum Gasteiger partial charge on any atom is -0.493 e. The zero-order valence-corrected chi connectivity index (χ0v) is 11.0. The zero-order chi connectivity index (χ0) is 12.1. The molecule has 0 aromatic heterocycles. The molecule has 0 saturated carbocycles. The molecule has 0 radical (unpaired) electrons. The molecule has 0 aliphatic carbocycles. The number of halogens is 1. The van der Waals surface area contributed by atoms with Crippen molar-refractivity contribution in [2.75, 3.05) is 14.2 Å². The maximum absolute atomic E-state index is 6.02. The van der Waals surface area contributed by atoms with Gasteiger partial charge in [-0.1, -0.05) is 11.6 Å². The molecule has 2 N–H and O–H groups in total. The van der Waals surface area contributed by atoms with E-state index in [1.54, 1.807) is 13.2 Å². The first kappa shape index (κ1) is 13.1. The van der Waals surface area contributed by atoms with Crippen molar-refractivity contribution in [1.29, 1.82) is 0 Å². The van der Waals surface area contributed by atoms with Crippen LogP contribution in [0.3, 0.4) is 0 Å². The number of hydrogen-bond acceptors (Lipinski definition) is 2. The molecule has 1 rings (SSSR count). The van der Waals surface area contributed by atoms with Crippen LogP contribution in [0.1, 0.15) is 19.4 Å². The lowest BCUT2D eigenvalue weighted by Crippen LogP contribution is -2.77. The highest BCUT2D eigenvalue weighted by molar-refractivity contribution is 6.30. The molecule has 1 aromatic carbocycles. The molecule has 0 spiro atoms. The number of quaternary nitrogens is 1. The fraction of sp³-hybridized carbons (Fsp3) is 0.500. The lowest BCUT2D eigenvalue weighted by Gasteiger charge is -2.17. The van der Waals surface area contributed by atoms with Gasteiger partial charge in [-0.15, -0.1) is 0 Å². The molecule has 90 valence electrons. The highest BCUT2D eigenvalue weighted by Crippen LogP contribution is 2.34. The van der Waals surface area contributed by atoms with Crippen molar-refractivity contribution < 1.29 is 14.8 Å². The van der Waals surface area contributed by atoms with Crippen molar-refractivity contribution in [2.24, 2.45) is 0 Å². The number of benzene rings is 1. The van der Waals surface area contributed by atoms with Gasteiger partial charge in [-0.25, -0.2) is 0 Å². The second kappa shape index (κ2) is 5.97. The van der Waals surface area contributed by atoms with Crippen molar-refractivity contribution in [3.8, 4) is 11.5 Å². The van der Waals surface area contributed by atoms with Crippen LogP contribution in [0.15, 0.2) is 12.1 Å². The largest absolute Gasteiger partial charge is 0.493 e. The third-order valence-corrected chi connectivity index (χ3v) is 2.31. The van der Waals surface area contributed by atoms with E-state index in [0.717, 1.165) is 17.9 Å². The van der Waals surface area contributed by atoms with Crippen molar-refractivity contribution >= 4 is 11.6 Å². The molecule has 0 saturated heterocycles. The molecule has 0 unspecified atom stereocenters. The Morgan fingerprint density at radius 2 is 2.06 bits per heavy atom. The molecular weight excluding hydrogens is 226 g/mol. The summed E-state index contributed by atoms with van der Waals surface area (Å²) in [5, 5.41) is 2.74. The summed E-state index contributed by atoms with van der Waals surface area (Å²) in [5.41, 5.74) is 1.06. The van der Waals surface area contributed by atoms with Gasteiger partial charge in [-0.05, 0) is 19.9 Å². The third-order valence-electron chi connectivity index (χ3n) is 2.09. The van der Waals surface area contributed by atoms with E-state index in [1.165, 1.54) is 0 Å². The van der Waals surface area contributed by atoms with Gasteiger partial charge in [0.25, 0.3) is 0 Å². The highest BCUT2D eigenvalue weighted by atomic mass is 35.5. The van der Waals surface area contributed by atoms with Crippen LogP contribution < -0.4 is 14.8 Å². The first-order valence-electron chi connectivity index (χ1n) is 5.39. The maximum Gasteiger partial charge on any atom is 0.170 e. The van der Waals surface area contributed by atoms with Gasteiger partial charge in [0.15, 0.2) is 11.5 Å². The number of hydrogen-bond donors (Lipinski definition) is 1. The second-order valence-corrected chi connectivity index (χ2v) is 4.31. The molecule has 0 atom stereocenters. The predicted molar refractivity (Wildman–Crippen MR) is 65.3 cm³/mol. The van der Waals surface area contributed by atoms with E-state index >= 15 is 0 Å². The minimum atomic E-state index is 0.116. The molecule has 4 heteroatoms. The predicted octanol–water partition coefficient (Wildman–Crippen LogP) is 1.83. The van der Waals surface area contributed by atoms with Gasteiger partial charge in [0.2, 0.25) is 0 Å². The molecular formula is C12H19ClNO2+. The number of ether oxygens (including phenoxy) is 2. The van der Waals surface area contributed by atoms with Crippen LogP contribution in [0.5, 0.6) is 11.5 Å². The first-order chi connectivity index (χ1) is 7.58. The van der Waals surface area contributed by atoms with E-state index in [0.29, 0.717) is 10.8 Å². The van der Waals surface area contributed by atoms with Gasteiger partial charge in [-0.2, -0.15) is 0 Å². The standard InChI is InChI=1S/C12H18ClNO2/c1-8(2)16-12-9(7-14-3)5-10(13)6-11(12)15-4/h5-6,8,14H,7H2,1-4H3/p+1. The van der Waals surface area contributed by atoms with Gasteiger partial charge >= 0.3 is 0 Å². The number of methoxy groups -OCH3 is 1. The Morgan fingerprint density at radius 1 is 1.38 bits per heavy atom. The van der Waals surface area contributed by atoms with Crippen LogP contribution in [-0.2, 0) is 6.54 Å². The number of rotatable bonds is 5. The quantitative estimate of drug-likeness (QED) is 0.858. The number of nitrogens with two attached hydrogens (primary N) is 1. The summed E-state index contributed by atoms with van der Waals surface area (Å²) < 4.78 is 11.1. The second-order valence-electron chi connectivity index (χ2n) is 3.88. The molecule has 0 aliphatic heterocycles. The van der Waals surface area contributed by atoms with E-state index < -0.39 is 0 Å². The van der Waals surface area contributed by atoms with E-state index in [1.807, 2.05) is 27.0 Å². The van der Waals surface area contributed by atoms with E-state index in [-0.39, 0.29) is 6.10 Å². The Labute approximate surface area is 102 Å². The average Bonchev–Trinajstić information content (AvgIpc) is 2.21. The van der Waals surface area contributed by atoms with Gasteiger partial charge in [-0.3, -0.25) is 0 Å². The third kappa shape index (κ3) is 3.29. The molecule has 1 aromatic rings. The molecule has 16 heavy (non-hydrogen) atoms. The monoisotopic (exact) mass is 244 g/mol. The molecule has 3 nitrogen and oxygen atoms in total. The Bertz CT molecular complexity index is 353. The maximum atomic E-state index is 6.02. The molecule has 0 fully saturated rings. The lowest BCUT2D eigenvalue weighted by atomic mass is 10.2. The SMILES string of the molecule is C[NH2+]Cc1cc(Cl)cc(OC)c1OC(C)C. The van der Waals surface area contributed by atoms with Gasteiger partial charge in [0.1, 0.15) is 6.54 Å². The normalized spacial score (nSPS) is 10.6. The van der Waals surface area contributed by atoms with Crippen LogP contribution in [0.25, 0.3) is 0 Å². The Balaban J connectivity index is 3.15. The van der Waals surface area contributed by atoms with Crippen LogP contribution >= 0.6 is 11.6 Å². The van der Waals surface area contributed by atoms with Gasteiger partial charge < -0.3 is 14.8 Å². The lowest BCUT2D eigenvalue weighted by molar-refractivity contribution is -0.643. The zero-order valence-electron chi connectivity index (χ0n) is 10.2. The molecule has 0 bridgehead atoms. The molecule has 0 heterocycles. The summed E-state index contributed by atoms with van der Waals surface area (Å²) in [6.07, 6.45) is 0.116. The van der Waals surface area contributed by atoms with E-state index in [4.69, 9.17) is 21.1 Å². The van der Waals surface area contributed by atoms with Crippen LogP contribution in [0, 0.1) is 0 Å². The Kier molecular flexibility index (Phi) is 4.90. The minimum absolute atomic E-state index is 0.116. The molecule has 0 amide bonds. The fourth-order valence-electron chi connectivity index (χ4n) is 1.52. The fourth-order valence-corrected chi connectivity index (χ4v) is 1.75. The topological polar surface area (TPSA) is 35.1 Å². The summed E-state index contributed by atoms with van der Waals surface area (Å²) >= 11 is 6.02. The Morgan fingerprint density at radius 3 is 2.56 bits per heavy atom. The summed E-state index contributed by atoms with van der Waals surface area (Å²) in [6.45, 7) is 4.81. The van der Waals surface area contributed by atoms with Crippen molar-refractivity contribution in [1.82, 2.24) is 0 Å². The molecule has 0 aliphatic rings. The summed E-state index contributed by atoms with van der Waals surface area (Å²) in [6, 6.07) is 3.69. The smallest absolute Gasteiger partial charge is 0.170 e. The van der Waals surface area contributed by atoms with Crippen molar-refractivity contribution in [3.63, 3.8) is 0 Å². The van der Waals surface area contributed by atoms with Gasteiger partial charge in [0.05, 0.1) is 25.8 Å². The van der Waals surface area contributed by atoms with Crippen molar-refractivity contribution in [3.05, 3.63) is 22.7 Å². The average molecular weight is 245 g/mol. The summed E-state index contributed by atoms with van der Waals surface area (Å²) in [5.74, 6) is 1.48. The van der Waals surface area contributed by atoms with Crippen LogP contribution in [-0.4, -0.2) is 20.3 Å². The van der Waals surface area contributed by atoms with Crippen molar-refractivity contribution in [2.45, 2.75) is 26.5 Å². The van der Waals surface area contributed by atoms with Gasteiger partial charge in [0, 0.05) is 11.1 Å². The van der Waals surface area contributed by atoms with E-state index in [2.05, 4.69) is 5.32 Å². The summed E-state index contributed by atoms with van der Waals surface area (Å²) in [4.78, 5) is 0. The highest BCUT2D eigenvalue weighted by Gasteiger charge is 2.14. The van der Waals surface area contributed by atoms with Crippen LogP contribution in [0.2, 0.25) is 5.02 Å². The van der Waals surface area contributed by atoms with E-state index in [9.17, 15) is 0 Å². The Hall–Kier alpha value is -0.930.